The van der Waals surface area contributed by atoms with Gasteiger partial charge in [-0.05, 0) is 22.6 Å². The van der Waals surface area contributed by atoms with E-state index in [0.29, 0.717) is 9.99 Å². The van der Waals surface area contributed by atoms with Gasteiger partial charge in [0.25, 0.3) is 0 Å². The SMILES string of the molecule is COc1nc(I)cnc1C=O. The molecule has 1 aromatic heterocycles. The third-order valence-corrected chi connectivity index (χ3v) is 1.56. The summed E-state index contributed by atoms with van der Waals surface area (Å²) in [5, 5.41) is 0. The molecular formula is C6H5IN2O2. The second-order valence-electron chi connectivity index (χ2n) is 1.71. The van der Waals surface area contributed by atoms with Crippen LogP contribution in [0.3, 0.4) is 0 Å². The largest absolute Gasteiger partial charge is 0.479 e. The Bertz CT molecular complexity index is 277. The van der Waals surface area contributed by atoms with Crippen LogP contribution in [0.5, 0.6) is 5.88 Å². The fraction of sp³-hybridized carbons (Fsp3) is 0.167. The number of carbonyl (C=O) groups excluding carboxylic acids is 1. The Balaban J connectivity index is 3.16. The fourth-order valence-corrected chi connectivity index (χ4v) is 0.951. The lowest BCUT2D eigenvalue weighted by Gasteiger charge is -1.99. The zero-order valence-corrected chi connectivity index (χ0v) is 7.90. The summed E-state index contributed by atoms with van der Waals surface area (Å²) in [7, 11) is 1.45. The van der Waals surface area contributed by atoms with Crippen LogP contribution in [0.4, 0.5) is 0 Å². The predicted molar refractivity (Wildman–Crippen MR) is 46.7 cm³/mol. The number of halogens is 1. The average molecular weight is 264 g/mol. The molecule has 0 aliphatic rings. The minimum absolute atomic E-state index is 0.230. The molecule has 0 atom stereocenters. The van der Waals surface area contributed by atoms with Gasteiger partial charge in [0.1, 0.15) is 3.70 Å². The molecule has 0 bridgehead atoms. The summed E-state index contributed by atoms with van der Waals surface area (Å²) in [6, 6.07) is 0. The van der Waals surface area contributed by atoms with Gasteiger partial charge in [0.15, 0.2) is 12.0 Å². The molecule has 1 rings (SSSR count). The van der Waals surface area contributed by atoms with E-state index in [0.717, 1.165) is 0 Å². The summed E-state index contributed by atoms with van der Waals surface area (Å²) in [6.45, 7) is 0. The van der Waals surface area contributed by atoms with E-state index in [1.165, 1.54) is 13.3 Å². The fourth-order valence-electron chi connectivity index (χ4n) is 0.592. The van der Waals surface area contributed by atoms with Crippen molar-refractivity contribution in [3.63, 3.8) is 0 Å². The zero-order valence-electron chi connectivity index (χ0n) is 5.74. The molecule has 0 unspecified atom stereocenters. The standard InChI is InChI=1S/C6H5IN2O2/c1-11-6-4(3-10)8-2-5(7)9-6/h2-3H,1H3. The maximum Gasteiger partial charge on any atom is 0.244 e. The van der Waals surface area contributed by atoms with Crippen molar-refractivity contribution in [2.45, 2.75) is 0 Å². The Morgan fingerprint density at radius 2 is 2.45 bits per heavy atom. The predicted octanol–water partition coefficient (Wildman–Crippen LogP) is 0.902. The molecular weight excluding hydrogens is 259 g/mol. The first-order valence-corrected chi connectivity index (χ1v) is 3.87. The van der Waals surface area contributed by atoms with Gasteiger partial charge in [0.05, 0.1) is 13.3 Å². The number of rotatable bonds is 2. The average Bonchev–Trinajstić information content (AvgIpc) is 2.04. The summed E-state index contributed by atoms with van der Waals surface area (Å²) in [5.74, 6) is 0.270. The van der Waals surface area contributed by atoms with Crippen molar-refractivity contribution in [1.82, 2.24) is 9.97 Å². The first-order chi connectivity index (χ1) is 5.27. The highest BCUT2D eigenvalue weighted by Crippen LogP contribution is 2.11. The van der Waals surface area contributed by atoms with Crippen LogP contribution < -0.4 is 4.74 Å². The second-order valence-corrected chi connectivity index (χ2v) is 2.81. The Hall–Kier alpha value is -0.720. The number of ether oxygens (including phenoxy) is 1. The first-order valence-electron chi connectivity index (χ1n) is 2.79. The monoisotopic (exact) mass is 264 g/mol. The first kappa shape index (κ1) is 8.38. The highest BCUT2D eigenvalue weighted by molar-refractivity contribution is 14.1. The van der Waals surface area contributed by atoms with Crippen molar-refractivity contribution >= 4 is 28.9 Å². The van der Waals surface area contributed by atoms with Gasteiger partial charge in [0.2, 0.25) is 5.88 Å². The number of methoxy groups -OCH3 is 1. The summed E-state index contributed by atoms with van der Waals surface area (Å²) in [6.07, 6.45) is 2.12. The molecule has 0 aliphatic carbocycles. The van der Waals surface area contributed by atoms with Crippen molar-refractivity contribution in [1.29, 1.82) is 0 Å². The molecule has 0 aliphatic heterocycles. The molecule has 58 valence electrons. The molecule has 4 nitrogen and oxygen atoms in total. The van der Waals surface area contributed by atoms with Crippen molar-refractivity contribution in [3.8, 4) is 5.88 Å². The van der Waals surface area contributed by atoms with E-state index in [2.05, 4.69) is 9.97 Å². The van der Waals surface area contributed by atoms with E-state index in [1.807, 2.05) is 22.6 Å². The van der Waals surface area contributed by atoms with E-state index in [-0.39, 0.29) is 11.6 Å². The Labute approximate surface area is 77.1 Å². The molecule has 0 radical (unpaired) electrons. The van der Waals surface area contributed by atoms with Crippen molar-refractivity contribution in [2.75, 3.05) is 7.11 Å². The molecule has 5 heteroatoms. The number of hydrogen-bond acceptors (Lipinski definition) is 4. The molecule has 0 amide bonds. The van der Waals surface area contributed by atoms with Crippen molar-refractivity contribution in [3.05, 3.63) is 15.6 Å². The summed E-state index contributed by atoms with van der Waals surface area (Å²) < 4.78 is 5.51. The van der Waals surface area contributed by atoms with Gasteiger partial charge in [-0.1, -0.05) is 0 Å². The van der Waals surface area contributed by atoms with Crippen LogP contribution >= 0.6 is 22.6 Å². The van der Waals surface area contributed by atoms with E-state index in [1.54, 1.807) is 0 Å². The lowest BCUT2D eigenvalue weighted by atomic mass is 10.5. The van der Waals surface area contributed by atoms with Crippen molar-refractivity contribution < 1.29 is 9.53 Å². The highest BCUT2D eigenvalue weighted by Gasteiger charge is 2.04. The van der Waals surface area contributed by atoms with E-state index >= 15 is 0 Å². The number of hydrogen-bond donors (Lipinski definition) is 0. The maximum absolute atomic E-state index is 10.3. The van der Waals surface area contributed by atoms with Gasteiger partial charge < -0.3 is 4.74 Å². The lowest BCUT2D eigenvalue weighted by Crippen LogP contribution is -1.98. The molecule has 1 heterocycles. The van der Waals surface area contributed by atoms with Crippen molar-refractivity contribution in [2.24, 2.45) is 0 Å². The van der Waals surface area contributed by atoms with Gasteiger partial charge in [-0.2, -0.15) is 0 Å². The second kappa shape index (κ2) is 3.61. The van der Waals surface area contributed by atoms with E-state index in [9.17, 15) is 4.79 Å². The summed E-state index contributed by atoms with van der Waals surface area (Å²) in [5.41, 5.74) is 0.230. The summed E-state index contributed by atoms with van der Waals surface area (Å²) >= 11 is 1.99. The minimum Gasteiger partial charge on any atom is -0.479 e. The van der Waals surface area contributed by atoms with Gasteiger partial charge in [-0.25, -0.2) is 9.97 Å². The number of aromatic nitrogens is 2. The third kappa shape index (κ3) is 1.86. The molecule has 0 N–H and O–H groups in total. The van der Waals surface area contributed by atoms with Crippen LogP contribution in [-0.2, 0) is 0 Å². The molecule has 11 heavy (non-hydrogen) atoms. The summed E-state index contributed by atoms with van der Waals surface area (Å²) in [4.78, 5) is 18.1. The smallest absolute Gasteiger partial charge is 0.244 e. The number of carbonyl (C=O) groups is 1. The third-order valence-electron chi connectivity index (χ3n) is 1.04. The number of aldehydes is 1. The minimum atomic E-state index is 0.230. The quantitative estimate of drug-likeness (QED) is 0.588. The molecule has 0 fully saturated rings. The van der Waals surface area contributed by atoms with E-state index in [4.69, 9.17) is 4.74 Å². The van der Waals surface area contributed by atoms with Crippen LogP contribution in [0.2, 0.25) is 0 Å². The van der Waals surface area contributed by atoms with Crippen LogP contribution in [0.25, 0.3) is 0 Å². The van der Waals surface area contributed by atoms with Gasteiger partial charge in [0, 0.05) is 0 Å². The van der Waals surface area contributed by atoms with E-state index < -0.39 is 0 Å². The topological polar surface area (TPSA) is 52.1 Å². The normalized spacial score (nSPS) is 9.27. The zero-order chi connectivity index (χ0) is 8.27. The molecule has 0 saturated heterocycles. The van der Waals surface area contributed by atoms with Crippen LogP contribution in [-0.4, -0.2) is 23.4 Å². The molecule has 0 saturated carbocycles. The highest BCUT2D eigenvalue weighted by atomic mass is 127. The molecule has 0 aromatic carbocycles. The molecule has 1 aromatic rings. The van der Waals surface area contributed by atoms with Gasteiger partial charge in [-0.3, -0.25) is 4.79 Å². The Morgan fingerprint density at radius 3 is 3.00 bits per heavy atom. The van der Waals surface area contributed by atoms with Gasteiger partial charge in [-0.15, -0.1) is 0 Å². The van der Waals surface area contributed by atoms with Gasteiger partial charge >= 0.3 is 0 Å². The molecule has 0 spiro atoms. The Kier molecular flexibility index (Phi) is 2.75. The maximum atomic E-state index is 10.3. The van der Waals surface area contributed by atoms with Crippen LogP contribution in [0.1, 0.15) is 10.5 Å². The van der Waals surface area contributed by atoms with Crippen LogP contribution in [0, 0.1) is 3.70 Å². The van der Waals surface area contributed by atoms with Crippen LogP contribution in [0.15, 0.2) is 6.20 Å². The Morgan fingerprint density at radius 1 is 1.73 bits per heavy atom. The lowest BCUT2D eigenvalue weighted by molar-refractivity contribution is 0.111. The number of nitrogens with zero attached hydrogens (tertiary/aromatic N) is 2.